The van der Waals surface area contributed by atoms with Crippen LogP contribution >= 0.6 is 0 Å². The van der Waals surface area contributed by atoms with Crippen LogP contribution in [0.2, 0.25) is 0 Å². The number of aromatic amines is 1. The SMILES string of the molecule is CCCCCCCCCCCCCCCCCC(C)[n+]1cc[nH]c1C(CCC)CCCCCCCCCCCCCCC. The Morgan fingerprint density at radius 3 is 1.16 bits per heavy atom. The predicted molar refractivity (Wildman–Crippen MR) is 193 cm³/mol. The van der Waals surface area contributed by atoms with Crippen LogP contribution in [0.15, 0.2) is 12.4 Å². The lowest BCUT2D eigenvalue weighted by atomic mass is 9.94. The smallest absolute Gasteiger partial charge is 0.247 e. The predicted octanol–water partition coefficient (Wildman–Crippen LogP) is 14.5. The summed E-state index contributed by atoms with van der Waals surface area (Å²) < 4.78 is 2.60. The number of rotatable bonds is 34. The van der Waals surface area contributed by atoms with Gasteiger partial charge >= 0.3 is 0 Å². The number of imidazole rings is 1. The Balaban J connectivity index is 2.10. The van der Waals surface area contributed by atoms with Gasteiger partial charge in [0.1, 0.15) is 12.4 Å². The van der Waals surface area contributed by atoms with Crippen molar-refractivity contribution in [2.24, 2.45) is 0 Å². The fraction of sp³-hybridized carbons (Fsp3) is 0.927. The maximum Gasteiger partial charge on any atom is 0.257 e. The van der Waals surface area contributed by atoms with Gasteiger partial charge in [-0.05, 0) is 32.6 Å². The van der Waals surface area contributed by atoms with Crippen molar-refractivity contribution in [2.45, 2.75) is 245 Å². The molecule has 1 aromatic rings. The highest BCUT2D eigenvalue weighted by molar-refractivity contribution is 4.90. The molecule has 0 aliphatic rings. The molecule has 0 aromatic carbocycles. The maximum absolute atomic E-state index is 3.69. The van der Waals surface area contributed by atoms with Crippen LogP contribution in [0.5, 0.6) is 0 Å². The summed E-state index contributed by atoms with van der Waals surface area (Å²) in [6, 6.07) is 0.620. The van der Waals surface area contributed by atoms with Gasteiger partial charge in [-0.15, -0.1) is 0 Å². The summed E-state index contributed by atoms with van der Waals surface area (Å²) in [5.74, 6) is 2.21. The monoisotopic (exact) mass is 602 g/mol. The third-order valence-corrected chi connectivity index (χ3v) is 10.1. The molecule has 0 amide bonds. The number of nitrogens with zero attached hydrogens (tertiary/aromatic N) is 1. The Hall–Kier alpha value is -0.790. The molecule has 0 saturated carbocycles. The summed E-state index contributed by atoms with van der Waals surface area (Å²) >= 11 is 0. The quantitative estimate of drug-likeness (QED) is 0.0599. The molecule has 2 atom stereocenters. The lowest BCUT2D eigenvalue weighted by Gasteiger charge is -2.16. The van der Waals surface area contributed by atoms with Crippen molar-refractivity contribution in [3.63, 3.8) is 0 Å². The zero-order chi connectivity index (χ0) is 31.1. The average molecular weight is 602 g/mol. The van der Waals surface area contributed by atoms with E-state index in [2.05, 4.69) is 49.6 Å². The molecule has 0 fully saturated rings. The molecule has 1 aromatic heterocycles. The van der Waals surface area contributed by atoms with Crippen molar-refractivity contribution in [2.75, 3.05) is 0 Å². The Morgan fingerprint density at radius 1 is 0.442 bits per heavy atom. The minimum Gasteiger partial charge on any atom is -0.247 e. The first-order chi connectivity index (χ1) is 21.2. The Bertz CT molecular complexity index is 664. The van der Waals surface area contributed by atoms with Crippen LogP contribution in [0.25, 0.3) is 0 Å². The van der Waals surface area contributed by atoms with E-state index in [9.17, 15) is 0 Å². The lowest BCUT2D eigenvalue weighted by molar-refractivity contribution is -0.727. The Labute approximate surface area is 272 Å². The van der Waals surface area contributed by atoms with Crippen LogP contribution in [-0.4, -0.2) is 4.98 Å². The standard InChI is InChI=1S/C41H80N2/c1-5-8-10-12-14-16-18-20-21-23-24-26-28-30-32-35-39(4)43-38-37-42-41(43)40(34-7-3)36-33-31-29-27-25-22-19-17-15-13-11-9-6-2/h37-40H,5-36H2,1-4H3/p+1. The summed E-state index contributed by atoms with van der Waals surface area (Å²) in [5.41, 5.74) is 0. The maximum atomic E-state index is 3.69. The lowest BCUT2D eigenvalue weighted by Crippen LogP contribution is -2.41. The van der Waals surface area contributed by atoms with Crippen molar-refractivity contribution in [1.82, 2.24) is 4.98 Å². The number of H-pyrrole nitrogens is 1. The van der Waals surface area contributed by atoms with Crippen LogP contribution in [0.1, 0.15) is 251 Å². The molecule has 43 heavy (non-hydrogen) atoms. The second kappa shape index (κ2) is 31.2. The van der Waals surface area contributed by atoms with E-state index in [0.717, 1.165) is 0 Å². The van der Waals surface area contributed by atoms with E-state index in [1.165, 1.54) is 211 Å². The van der Waals surface area contributed by atoms with Gasteiger partial charge < -0.3 is 0 Å². The Kier molecular flexibility index (Phi) is 29.2. The normalized spacial score (nSPS) is 13.1. The molecule has 2 heteroatoms. The molecule has 1 rings (SSSR count). The highest BCUT2D eigenvalue weighted by Crippen LogP contribution is 2.26. The van der Waals surface area contributed by atoms with E-state index in [1.54, 1.807) is 0 Å². The number of nitrogens with one attached hydrogen (secondary N) is 1. The van der Waals surface area contributed by atoms with Crippen LogP contribution in [0.4, 0.5) is 0 Å². The Morgan fingerprint density at radius 2 is 0.791 bits per heavy atom. The second-order valence-electron chi connectivity index (χ2n) is 14.4. The zero-order valence-electron chi connectivity index (χ0n) is 30.4. The van der Waals surface area contributed by atoms with Crippen molar-refractivity contribution >= 4 is 0 Å². The van der Waals surface area contributed by atoms with Gasteiger partial charge in [-0.25, -0.2) is 9.55 Å². The summed E-state index contributed by atoms with van der Waals surface area (Å²) in [5, 5.41) is 0. The van der Waals surface area contributed by atoms with Gasteiger partial charge in [0, 0.05) is 0 Å². The largest absolute Gasteiger partial charge is 0.257 e. The molecule has 0 aliphatic carbocycles. The van der Waals surface area contributed by atoms with Crippen LogP contribution in [-0.2, 0) is 0 Å². The van der Waals surface area contributed by atoms with Crippen molar-refractivity contribution < 1.29 is 4.57 Å². The number of hydrogen-bond donors (Lipinski definition) is 1. The number of hydrogen-bond acceptors (Lipinski definition) is 0. The molecule has 2 nitrogen and oxygen atoms in total. The molecule has 1 heterocycles. The first kappa shape index (κ1) is 40.2. The van der Waals surface area contributed by atoms with Crippen LogP contribution in [0.3, 0.4) is 0 Å². The van der Waals surface area contributed by atoms with Gasteiger partial charge in [0.15, 0.2) is 0 Å². The summed E-state index contributed by atoms with van der Waals surface area (Å²) in [4.78, 5) is 3.69. The van der Waals surface area contributed by atoms with E-state index in [4.69, 9.17) is 0 Å². The van der Waals surface area contributed by atoms with Gasteiger partial charge in [-0.1, -0.05) is 201 Å². The molecule has 254 valence electrons. The van der Waals surface area contributed by atoms with E-state index < -0.39 is 0 Å². The molecule has 0 spiro atoms. The second-order valence-corrected chi connectivity index (χ2v) is 14.4. The topological polar surface area (TPSA) is 19.7 Å². The summed E-state index contributed by atoms with van der Waals surface area (Å²) in [6.45, 7) is 9.44. The molecule has 2 unspecified atom stereocenters. The van der Waals surface area contributed by atoms with Gasteiger partial charge in [0.2, 0.25) is 0 Å². The van der Waals surface area contributed by atoms with Gasteiger partial charge in [-0.3, -0.25) is 0 Å². The number of aromatic nitrogens is 2. The van der Waals surface area contributed by atoms with Crippen molar-refractivity contribution in [1.29, 1.82) is 0 Å². The molecule has 0 bridgehead atoms. The molecule has 0 aliphatic heterocycles. The highest BCUT2D eigenvalue weighted by Gasteiger charge is 2.24. The first-order valence-corrected chi connectivity index (χ1v) is 20.3. The molecular formula is C41H81N2+. The van der Waals surface area contributed by atoms with E-state index in [0.29, 0.717) is 12.0 Å². The van der Waals surface area contributed by atoms with E-state index in [-0.39, 0.29) is 0 Å². The van der Waals surface area contributed by atoms with Crippen LogP contribution < -0.4 is 4.57 Å². The zero-order valence-corrected chi connectivity index (χ0v) is 30.4. The minimum absolute atomic E-state index is 0.620. The average Bonchev–Trinajstić information content (AvgIpc) is 3.51. The van der Waals surface area contributed by atoms with Gasteiger partial charge in [-0.2, -0.15) is 0 Å². The van der Waals surface area contributed by atoms with E-state index >= 15 is 0 Å². The molecule has 0 saturated heterocycles. The molecular weight excluding hydrogens is 520 g/mol. The molecule has 0 radical (unpaired) electrons. The van der Waals surface area contributed by atoms with E-state index in [1.807, 2.05) is 0 Å². The van der Waals surface area contributed by atoms with Gasteiger partial charge in [0.25, 0.3) is 5.82 Å². The first-order valence-electron chi connectivity index (χ1n) is 20.3. The number of unbranched alkanes of at least 4 members (excludes halogenated alkanes) is 26. The van der Waals surface area contributed by atoms with Gasteiger partial charge in [0.05, 0.1) is 12.0 Å². The summed E-state index contributed by atoms with van der Waals surface area (Å²) in [6.07, 6.45) is 50.3. The molecule has 1 N–H and O–H groups in total. The third-order valence-electron chi connectivity index (χ3n) is 10.1. The fourth-order valence-corrected chi connectivity index (χ4v) is 7.20. The van der Waals surface area contributed by atoms with Crippen molar-refractivity contribution in [3.05, 3.63) is 18.2 Å². The van der Waals surface area contributed by atoms with Crippen molar-refractivity contribution in [3.8, 4) is 0 Å². The van der Waals surface area contributed by atoms with Crippen LogP contribution in [0, 0.1) is 0 Å². The highest BCUT2D eigenvalue weighted by atomic mass is 15.1. The fourth-order valence-electron chi connectivity index (χ4n) is 7.20. The summed E-state index contributed by atoms with van der Waals surface area (Å²) in [7, 11) is 0. The third kappa shape index (κ3) is 23.2. The minimum atomic E-state index is 0.620.